The lowest BCUT2D eigenvalue weighted by atomic mass is 9.91. The molecule has 1 heterocycles. The van der Waals surface area contributed by atoms with Crippen LogP contribution in [0.4, 0.5) is 0 Å². The van der Waals surface area contributed by atoms with Crippen molar-refractivity contribution in [1.29, 1.82) is 0 Å². The highest BCUT2D eigenvalue weighted by atomic mass is 35.5. The lowest BCUT2D eigenvalue weighted by Gasteiger charge is -2.26. The summed E-state index contributed by atoms with van der Waals surface area (Å²) >= 11 is 6.18. The van der Waals surface area contributed by atoms with Gasteiger partial charge in [0.1, 0.15) is 11.5 Å². The van der Waals surface area contributed by atoms with Gasteiger partial charge in [0, 0.05) is 30.3 Å². The number of carbonyl (C=O) groups excluding carboxylic acids is 3. The number of carbonyl (C=O) groups is 3. The SMILES string of the molecule is CCC(CCN1CC(=O)CCC(Cc2cc(Cl)ccc2OC)C1=O)c1ccc(CC(C)=O)cc1. The Labute approximate surface area is 207 Å². The molecule has 0 aromatic heterocycles. The van der Waals surface area contributed by atoms with Crippen molar-refractivity contribution in [2.45, 2.75) is 58.3 Å². The van der Waals surface area contributed by atoms with E-state index in [0.717, 1.165) is 24.0 Å². The molecule has 1 saturated heterocycles. The predicted octanol–water partition coefficient (Wildman–Crippen LogP) is 5.41. The molecule has 2 unspecified atom stereocenters. The van der Waals surface area contributed by atoms with Crippen molar-refractivity contribution in [2.75, 3.05) is 20.2 Å². The summed E-state index contributed by atoms with van der Waals surface area (Å²) in [5, 5.41) is 0.602. The molecule has 0 N–H and O–H groups in total. The molecule has 6 heteroatoms. The number of hydrogen-bond donors (Lipinski definition) is 0. The highest BCUT2D eigenvalue weighted by Crippen LogP contribution is 2.30. The van der Waals surface area contributed by atoms with E-state index in [4.69, 9.17) is 16.3 Å². The van der Waals surface area contributed by atoms with E-state index in [1.54, 1.807) is 25.0 Å². The van der Waals surface area contributed by atoms with Crippen molar-refractivity contribution in [3.63, 3.8) is 0 Å². The van der Waals surface area contributed by atoms with Crippen molar-refractivity contribution in [3.8, 4) is 5.75 Å². The largest absolute Gasteiger partial charge is 0.496 e. The Kier molecular flexibility index (Phi) is 9.28. The molecule has 0 aliphatic carbocycles. The minimum absolute atomic E-state index is 0.0273. The van der Waals surface area contributed by atoms with Gasteiger partial charge in [0.2, 0.25) is 5.91 Å². The molecule has 182 valence electrons. The van der Waals surface area contributed by atoms with Gasteiger partial charge in [-0.05, 0) is 73.4 Å². The fourth-order valence-electron chi connectivity index (χ4n) is 4.75. The number of rotatable bonds is 10. The molecule has 0 bridgehead atoms. The lowest BCUT2D eigenvalue weighted by Crippen LogP contribution is -2.38. The van der Waals surface area contributed by atoms with E-state index in [1.807, 2.05) is 24.3 Å². The number of ketones is 2. The number of likely N-dealkylation sites (tertiary alicyclic amines) is 1. The van der Waals surface area contributed by atoms with Gasteiger partial charge >= 0.3 is 0 Å². The molecule has 1 fully saturated rings. The first-order valence-electron chi connectivity index (χ1n) is 12.0. The molecule has 1 amide bonds. The molecule has 2 aromatic rings. The molecule has 2 aromatic carbocycles. The summed E-state index contributed by atoms with van der Waals surface area (Å²) in [6.45, 7) is 4.45. The van der Waals surface area contributed by atoms with Crippen LogP contribution in [0, 0.1) is 5.92 Å². The van der Waals surface area contributed by atoms with Crippen molar-refractivity contribution >= 4 is 29.1 Å². The van der Waals surface area contributed by atoms with Crippen LogP contribution in [0.2, 0.25) is 5.02 Å². The average molecular weight is 484 g/mol. The number of benzene rings is 2. The number of ether oxygens (including phenoxy) is 1. The Bertz CT molecular complexity index is 1020. The summed E-state index contributed by atoms with van der Waals surface area (Å²) in [7, 11) is 1.61. The molecular formula is C28H34ClNO4. The van der Waals surface area contributed by atoms with Gasteiger partial charge in [0.25, 0.3) is 0 Å². The summed E-state index contributed by atoms with van der Waals surface area (Å²) in [5.74, 6) is 0.997. The Morgan fingerprint density at radius 1 is 1.18 bits per heavy atom. The standard InChI is InChI=1S/C28H34ClNO4/c1-4-21(22-7-5-20(6-8-22)15-19(2)31)13-14-30-18-26(32)11-9-23(28(30)33)16-24-17-25(29)10-12-27(24)34-3/h5-8,10,12,17,21,23H,4,9,11,13-16,18H2,1-3H3. The number of nitrogens with zero attached hydrogens (tertiary/aromatic N) is 1. The third kappa shape index (κ3) is 6.92. The maximum Gasteiger partial charge on any atom is 0.226 e. The van der Waals surface area contributed by atoms with E-state index in [1.165, 1.54) is 5.56 Å². The number of halogens is 1. The lowest BCUT2D eigenvalue weighted by molar-refractivity contribution is -0.136. The van der Waals surface area contributed by atoms with E-state index in [-0.39, 0.29) is 35.9 Å². The smallest absolute Gasteiger partial charge is 0.226 e. The zero-order chi connectivity index (χ0) is 24.7. The van der Waals surface area contributed by atoms with Crippen molar-refractivity contribution < 1.29 is 19.1 Å². The fourth-order valence-corrected chi connectivity index (χ4v) is 4.95. The number of methoxy groups -OCH3 is 1. The summed E-state index contributed by atoms with van der Waals surface area (Å²) in [6, 6.07) is 13.6. The minimum Gasteiger partial charge on any atom is -0.496 e. The van der Waals surface area contributed by atoms with Crippen LogP contribution in [0.3, 0.4) is 0 Å². The molecule has 1 aliphatic rings. The third-order valence-corrected chi connectivity index (χ3v) is 6.89. The zero-order valence-corrected chi connectivity index (χ0v) is 21.1. The van der Waals surface area contributed by atoms with Gasteiger partial charge in [-0.25, -0.2) is 0 Å². The first kappa shape index (κ1) is 26.0. The molecule has 0 saturated carbocycles. The second kappa shape index (κ2) is 12.2. The van der Waals surface area contributed by atoms with Crippen molar-refractivity contribution in [1.82, 2.24) is 4.90 Å². The summed E-state index contributed by atoms with van der Waals surface area (Å²) in [6.07, 6.45) is 3.62. The highest BCUT2D eigenvalue weighted by molar-refractivity contribution is 6.30. The maximum atomic E-state index is 13.4. The van der Waals surface area contributed by atoms with Crippen LogP contribution in [-0.4, -0.2) is 42.6 Å². The Morgan fingerprint density at radius 3 is 2.56 bits per heavy atom. The van der Waals surface area contributed by atoms with Gasteiger partial charge in [-0.2, -0.15) is 0 Å². The van der Waals surface area contributed by atoms with Gasteiger partial charge in [-0.15, -0.1) is 0 Å². The summed E-state index contributed by atoms with van der Waals surface area (Å²) < 4.78 is 5.46. The van der Waals surface area contributed by atoms with Crippen LogP contribution >= 0.6 is 11.6 Å². The monoisotopic (exact) mass is 483 g/mol. The average Bonchev–Trinajstić information content (AvgIpc) is 2.94. The van der Waals surface area contributed by atoms with Gasteiger partial charge in [-0.1, -0.05) is 42.8 Å². The van der Waals surface area contributed by atoms with E-state index in [9.17, 15) is 14.4 Å². The first-order chi connectivity index (χ1) is 16.3. The second-order valence-corrected chi connectivity index (χ2v) is 9.65. The molecule has 3 rings (SSSR count). The van der Waals surface area contributed by atoms with Crippen LogP contribution in [0.15, 0.2) is 42.5 Å². The second-order valence-electron chi connectivity index (χ2n) is 9.21. The topological polar surface area (TPSA) is 63.7 Å². The molecule has 1 aliphatic heterocycles. The Morgan fingerprint density at radius 2 is 1.91 bits per heavy atom. The van der Waals surface area contributed by atoms with Crippen LogP contribution in [0.1, 0.15) is 62.1 Å². The molecule has 0 spiro atoms. The van der Waals surface area contributed by atoms with E-state index < -0.39 is 0 Å². The number of hydrogen-bond acceptors (Lipinski definition) is 4. The van der Waals surface area contributed by atoms with E-state index in [0.29, 0.717) is 43.0 Å². The number of Topliss-reactive ketones (excluding diaryl/α,β-unsaturated/α-hetero) is 2. The molecule has 2 atom stereocenters. The predicted molar refractivity (Wildman–Crippen MR) is 134 cm³/mol. The highest BCUT2D eigenvalue weighted by Gasteiger charge is 2.31. The molecule has 0 radical (unpaired) electrons. The Balaban J connectivity index is 1.70. The van der Waals surface area contributed by atoms with Gasteiger partial charge < -0.3 is 9.64 Å². The van der Waals surface area contributed by atoms with Crippen molar-refractivity contribution in [3.05, 3.63) is 64.2 Å². The maximum absolute atomic E-state index is 13.4. The van der Waals surface area contributed by atoms with Crippen LogP contribution < -0.4 is 4.74 Å². The van der Waals surface area contributed by atoms with Gasteiger partial charge in [-0.3, -0.25) is 14.4 Å². The van der Waals surface area contributed by atoms with Crippen molar-refractivity contribution in [2.24, 2.45) is 5.92 Å². The number of amides is 1. The fraction of sp³-hybridized carbons (Fsp3) is 0.464. The Hall–Kier alpha value is -2.66. The van der Waals surface area contributed by atoms with E-state index >= 15 is 0 Å². The van der Waals surface area contributed by atoms with Crippen LogP contribution in [0.5, 0.6) is 5.75 Å². The molecule has 34 heavy (non-hydrogen) atoms. The zero-order valence-electron chi connectivity index (χ0n) is 20.3. The summed E-state index contributed by atoms with van der Waals surface area (Å²) in [4.78, 5) is 39.0. The summed E-state index contributed by atoms with van der Waals surface area (Å²) in [5.41, 5.74) is 3.10. The third-order valence-electron chi connectivity index (χ3n) is 6.65. The quantitative estimate of drug-likeness (QED) is 0.453. The normalized spacial score (nSPS) is 17.4. The first-order valence-corrected chi connectivity index (χ1v) is 12.4. The van der Waals surface area contributed by atoms with E-state index in [2.05, 4.69) is 19.1 Å². The molecular weight excluding hydrogens is 450 g/mol. The van der Waals surface area contributed by atoms with Gasteiger partial charge in [0.05, 0.1) is 13.7 Å². The molecule has 5 nitrogen and oxygen atoms in total. The van der Waals surface area contributed by atoms with Gasteiger partial charge in [0.15, 0.2) is 5.78 Å². The van der Waals surface area contributed by atoms with Crippen LogP contribution in [-0.2, 0) is 27.2 Å². The van der Waals surface area contributed by atoms with Crippen LogP contribution in [0.25, 0.3) is 0 Å². The minimum atomic E-state index is -0.273.